The van der Waals surface area contributed by atoms with Crippen molar-refractivity contribution in [3.63, 3.8) is 0 Å². The molecule has 1 atom stereocenters. The Kier molecular flexibility index (Phi) is 4.05. The van der Waals surface area contributed by atoms with E-state index in [1.54, 1.807) is 12.1 Å². The molecule has 0 fully saturated rings. The molecule has 0 radical (unpaired) electrons. The third-order valence-electron chi connectivity index (χ3n) is 4.75. The molecular weight excluding hydrogens is 348 g/mol. The molecule has 1 aliphatic rings. The highest BCUT2D eigenvalue weighted by Crippen LogP contribution is 2.34. The summed E-state index contributed by atoms with van der Waals surface area (Å²) in [5, 5.41) is 9.70. The van der Waals surface area contributed by atoms with E-state index < -0.39 is 10.0 Å². The van der Waals surface area contributed by atoms with E-state index in [4.69, 9.17) is 5.14 Å². The van der Waals surface area contributed by atoms with Crippen LogP contribution in [-0.4, -0.2) is 24.2 Å². The largest absolute Gasteiger partial charge is 0.364 e. The highest BCUT2D eigenvalue weighted by atomic mass is 32.2. The van der Waals surface area contributed by atoms with E-state index in [0.717, 1.165) is 35.5 Å². The van der Waals surface area contributed by atoms with Crippen molar-refractivity contribution < 1.29 is 8.42 Å². The smallest absolute Gasteiger partial charge is 0.238 e. The van der Waals surface area contributed by atoms with Gasteiger partial charge in [-0.1, -0.05) is 18.2 Å². The van der Waals surface area contributed by atoms with Gasteiger partial charge in [-0.25, -0.2) is 18.2 Å². The second-order valence-corrected chi connectivity index (χ2v) is 8.21. The first kappa shape index (κ1) is 16.8. The van der Waals surface area contributed by atoms with Crippen LogP contribution in [0.15, 0.2) is 65.8 Å². The fraction of sp³-hybridized carbons (Fsp3) is 0.211. The van der Waals surface area contributed by atoms with Crippen molar-refractivity contribution in [3.8, 4) is 5.69 Å². The van der Waals surface area contributed by atoms with Crippen molar-refractivity contribution in [3.05, 3.63) is 72.1 Å². The highest BCUT2D eigenvalue weighted by molar-refractivity contribution is 7.89. The van der Waals surface area contributed by atoms with Crippen molar-refractivity contribution in [1.29, 1.82) is 0 Å². The molecule has 6 nitrogen and oxygen atoms in total. The Morgan fingerprint density at radius 3 is 2.69 bits per heavy atom. The molecule has 1 aliphatic heterocycles. The number of hydrogen-bond donors (Lipinski definition) is 1. The van der Waals surface area contributed by atoms with E-state index in [1.165, 1.54) is 0 Å². The quantitative estimate of drug-likeness (QED) is 0.767. The van der Waals surface area contributed by atoms with Crippen LogP contribution in [0.5, 0.6) is 0 Å². The van der Waals surface area contributed by atoms with Crippen molar-refractivity contribution in [1.82, 2.24) is 9.78 Å². The maximum atomic E-state index is 11.6. The number of benzene rings is 2. The Balaban J connectivity index is 1.60. The zero-order chi connectivity index (χ0) is 18.3. The molecule has 0 saturated heterocycles. The maximum absolute atomic E-state index is 11.6. The average Bonchev–Trinajstić information content (AvgIpc) is 3.20. The third-order valence-corrected chi connectivity index (χ3v) is 5.66. The Hall–Kier alpha value is -2.64. The molecule has 26 heavy (non-hydrogen) atoms. The predicted octanol–water partition coefficient (Wildman–Crippen LogP) is 2.47. The van der Waals surface area contributed by atoms with Gasteiger partial charge in [0.1, 0.15) is 0 Å². The van der Waals surface area contributed by atoms with Gasteiger partial charge in [-0.15, -0.1) is 0 Å². The minimum Gasteiger partial charge on any atom is -0.364 e. The molecule has 4 rings (SSSR count). The fourth-order valence-electron chi connectivity index (χ4n) is 3.45. The second kappa shape index (κ2) is 6.26. The molecule has 0 spiro atoms. The lowest BCUT2D eigenvalue weighted by molar-refractivity contribution is 0.597. The summed E-state index contributed by atoms with van der Waals surface area (Å²) < 4.78 is 25.0. The number of aromatic nitrogens is 2. The molecule has 2 N–H and O–H groups in total. The van der Waals surface area contributed by atoms with Gasteiger partial charge in [0.25, 0.3) is 0 Å². The summed E-state index contributed by atoms with van der Waals surface area (Å²) in [4.78, 5) is 2.44. The Morgan fingerprint density at radius 1 is 1.19 bits per heavy atom. The Morgan fingerprint density at radius 2 is 1.96 bits per heavy atom. The maximum Gasteiger partial charge on any atom is 0.238 e. The molecule has 1 aromatic heterocycles. The number of sulfonamides is 1. The average molecular weight is 368 g/mol. The first-order valence-electron chi connectivity index (χ1n) is 8.43. The van der Waals surface area contributed by atoms with Crippen LogP contribution in [0.25, 0.3) is 5.69 Å². The normalized spacial score (nSPS) is 16.7. The molecule has 2 aromatic carbocycles. The Labute approximate surface area is 152 Å². The number of primary sulfonamides is 1. The van der Waals surface area contributed by atoms with Gasteiger partial charge < -0.3 is 4.90 Å². The number of anilines is 1. The van der Waals surface area contributed by atoms with Crippen molar-refractivity contribution >= 4 is 15.7 Å². The summed E-state index contributed by atoms with van der Waals surface area (Å²) in [6.07, 6.45) is 4.70. The molecular formula is C19H20N4O2S. The SMILES string of the molecule is CC1Cc2cc(S(N)(=O)=O)ccc2N1Cc1cnn(-c2ccccc2)c1. The van der Waals surface area contributed by atoms with E-state index >= 15 is 0 Å². The predicted molar refractivity (Wildman–Crippen MR) is 101 cm³/mol. The Bertz CT molecular complexity index is 1040. The zero-order valence-corrected chi connectivity index (χ0v) is 15.2. The van der Waals surface area contributed by atoms with Crippen molar-refractivity contribution in [2.75, 3.05) is 4.90 Å². The van der Waals surface area contributed by atoms with Gasteiger partial charge in [-0.2, -0.15) is 5.10 Å². The van der Waals surface area contributed by atoms with Crippen molar-refractivity contribution in [2.45, 2.75) is 30.8 Å². The summed E-state index contributed by atoms with van der Waals surface area (Å²) >= 11 is 0. The van der Waals surface area contributed by atoms with Crippen LogP contribution in [0.1, 0.15) is 18.1 Å². The molecule has 0 bridgehead atoms. The van der Waals surface area contributed by atoms with Crippen LogP contribution >= 0.6 is 0 Å². The third kappa shape index (κ3) is 3.11. The molecule has 134 valence electrons. The second-order valence-electron chi connectivity index (χ2n) is 6.65. The van der Waals surface area contributed by atoms with Gasteiger partial charge in [0.2, 0.25) is 10.0 Å². The molecule has 7 heteroatoms. The van der Waals surface area contributed by atoms with Gasteiger partial charge in [0, 0.05) is 30.0 Å². The fourth-order valence-corrected chi connectivity index (χ4v) is 4.01. The number of fused-ring (bicyclic) bond motifs is 1. The number of rotatable bonds is 4. The van der Waals surface area contributed by atoms with Crippen molar-refractivity contribution in [2.24, 2.45) is 5.14 Å². The zero-order valence-electron chi connectivity index (χ0n) is 14.4. The minimum absolute atomic E-state index is 0.169. The number of nitrogens with zero attached hydrogens (tertiary/aromatic N) is 3. The minimum atomic E-state index is -3.68. The standard InChI is InChI=1S/C19H20N4O2S/c1-14-9-16-10-18(26(20,24)25)7-8-19(16)22(14)12-15-11-21-23(13-15)17-5-3-2-4-6-17/h2-8,10-11,13-14H,9,12H2,1H3,(H2,20,24,25). The van der Waals surface area contributed by atoms with Gasteiger partial charge in [0.15, 0.2) is 0 Å². The van der Waals surface area contributed by atoms with E-state index in [9.17, 15) is 8.42 Å². The molecule has 2 heterocycles. The summed E-state index contributed by atoms with van der Waals surface area (Å²) in [5.41, 5.74) is 4.19. The summed E-state index contributed by atoms with van der Waals surface area (Å²) in [5.74, 6) is 0. The lowest BCUT2D eigenvalue weighted by atomic mass is 10.1. The molecule has 1 unspecified atom stereocenters. The van der Waals surface area contributed by atoms with Crippen LogP contribution in [0, 0.1) is 0 Å². The highest BCUT2D eigenvalue weighted by Gasteiger charge is 2.27. The van der Waals surface area contributed by atoms with Crippen LogP contribution < -0.4 is 10.0 Å². The van der Waals surface area contributed by atoms with Gasteiger partial charge in [-0.3, -0.25) is 0 Å². The lowest BCUT2D eigenvalue weighted by Crippen LogP contribution is -2.28. The number of nitrogens with two attached hydrogens (primary N) is 1. The number of hydrogen-bond acceptors (Lipinski definition) is 4. The molecule has 0 amide bonds. The summed E-state index contributed by atoms with van der Waals surface area (Å²) in [6, 6.07) is 15.4. The topological polar surface area (TPSA) is 81.2 Å². The molecule has 0 aliphatic carbocycles. The van der Waals surface area contributed by atoms with E-state index in [0.29, 0.717) is 0 Å². The van der Waals surface area contributed by atoms with E-state index in [2.05, 4.69) is 16.9 Å². The van der Waals surface area contributed by atoms with Crippen LogP contribution in [-0.2, 0) is 23.0 Å². The first-order chi connectivity index (χ1) is 12.4. The van der Waals surface area contributed by atoms with Crippen LogP contribution in [0.4, 0.5) is 5.69 Å². The summed E-state index contributed by atoms with van der Waals surface area (Å²) in [7, 11) is -3.68. The molecule has 3 aromatic rings. The first-order valence-corrected chi connectivity index (χ1v) is 9.98. The monoisotopic (exact) mass is 368 g/mol. The lowest BCUT2D eigenvalue weighted by Gasteiger charge is -2.24. The van der Waals surface area contributed by atoms with Crippen LogP contribution in [0.3, 0.4) is 0 Å². The van der Waals surface area contributed by atoms with Gasteiger partial charge >= 0.3 is 0 Å². The molecule has 0 saturated carbocycles. The number of para-hydroxylation sites is 1. The van der Waals surface area contributed by atoms with Crippen LogP contribution in [0.2, 0.25) is 0 Å². The van der Waals surface area contributed by atoms with Gasteiger partial charge in [-0.05, 0) is 49.2 Å². The van der Waals surface area contributed by atoms with Gasteiger partial charge in [0.05, 0.1) is 16.8 Å². The summed E-state index contributed by atoms with van der Waals surface area (Å²) in [6.45, 7) is 2.86. The van der Waals surface area contributed by atoms with E-state index in [1.807, 2.05) is 53.5 Å². The van der Waals surface area contributed by atoms with E-state index in [-0.39, 0.29) is 10.9 Å².